The van der Waals surface area contributed by atoms with E-state index >= 15 is 0 Å². The monoisotopic (exact) mass is 186 g/mol. The fourth-order valence-corrected chi connectivity index (χ4v) is 0.548. The molecule has 0 aromatic heterocycles. The van der Waals surface area contributed by atoms with Crippen molar-refractivity contribution in [3.05, 3.63) is 25.0 Å². The predicted molar refractivity (Wildman–Crippen MR) is 47.9 cm³/mol. The Bertz CT molecular complexity index is 186. The van der Waals surface area contributed by atoms with Crippen LogP contribution in [0, 0.1) is 0 Å². The summed E-state index contributed by atoms with van der Waals surface area (Å²) in [6.45, 7) is 5.04. The minimum atomic E-state index is -0.805. The van der Waals surface area contributed by atoms with Gasteiger partial charge in [-0.3, -0.25) is 0 Å². The van der Waals surface area contributed by atoms with Gasteiger partial charge in [-0.2, -0.15) is 0 Å². The Hall–Kier alpha value is -1.29. The summed E-state index contributed by atoms with van der Waals surface area (Å²) in [6.07, 6.45) is 3.39. The number of aliphatic hydroxyl groups excluding tert-OH is 1. The van der Waals surface area contributed by atoms with E-state index in [4.69, 9.17) is 9.84 Å². The molecule has 4 heteroatoms. The minimum absolute atomic E-state index is 0.0809. The molecule has 0 aromatic carbocycles. The fourth-order valence-electron chi connectivity index (χ4n) is 0.548. The van der Waals surface area contributed by atoms with Gasteiger partial charge >= 0.3 is 5.97 Å². The number of esters is 1. The predicted octanol–water partition coefficient (Wildman–Crippen LogP) is 0.627. The van der Waals surface area contributed by atoms with E-state index in [0.29, 0.717) is 0 Å². The SMILES string of the molecule is C=CC(=O)OCC(O)CO/C=C\C. The molecule has 1 atom stereocenters. The molecule has 0 fully saturated rings. The molecule has 0 bridgehead atoms. The van der Waals surface area contributed by atoms with Gasteiger partial charge in [-0.15, -0.1) is 0 Å². The van der Waals surface area contributed by atoms with Crippen LogP contribution in [0.15, 0.2) is 25.0 Å². The Morgan fingerprint density at radius 2 is 2.31 bits per heavy atom. The van der Waals surface area contributed by atoms with Gasteiger partial charge in [-0.1, -0.05) is 12.7 Å². The zero-order valence-electron chi connectivity index (χ0n) is 7.60. The lowest BCUT2D eigenvalue weighted by atomic mass is 10.4. The van der Waals surface area contributed by atoms with Crippen LogP contribution in [-0.4, -0.2) is 30.4 Å². The van der Waals surface area contributed by atoms with Crippen molar-refractivity contribution >= 4 is 5.97 Å². The third kappa shape index (κ3) is 7.08. The molecule has 0 amide bonds. The molecular weight excluding hydrogens is 172 g/mol. The second-order valence-corrected chi connectivity index (χ2v) is 2.29. The lowest BCUT2D eigenvalue weighted by molar-refractivity contribution is -0.141. The van der Waals surface area contributed by atoms with E-state index in [1.54, 1.807) is 13.0 Å². The van der Waals surface area contributed by atoms with Gasteiger partial charge in [0.25, 0.3) is 0 Å². The molecule has 0 saturated carbocycles. The summed E-state index contributed by atoms with van der Waals surface area (Å²) < 4.78 is 9.44. The van der Waals surface area contributed by atoms with Crippen LogP contribution in [0.3, 0.4) is 0 Å². The van der Waals surface area contributed by atoms with Crippen LogP contribution in [0.25, 0.3) is 0 Å². The lowest BCUT2D eigenvalue weighted by Crippen LogP contribution is -2.22. The van der Waals surface area contributed by atoms with E-state index in [9.17, 15) is 4.79 Å². The van der Waals surface area contributed by atoms with Gasteiger partial charge in [0.1, 0.15) is 19.3 Å². The summed E-state index contributed by atoms with van der Waals surface area (Å²) >= 11 is 0. The van der Waals surface area contributed by atoms with Crippen molar-refractivity contribution in [1.29, 1.82) is 0 Å². The zero-order valence-corrected chi connectivity index (χ0v) is 7.60. The van der Waals surface area contributed by atoms with Crippen LogP contribution in [0.4, 0.5) is 0 Å². The second-order valence-electron chi connectivity index (χ2n) is 2.29. The van der Waals surface area contributed by atoms with Crippen molar-refractivity contribution in [3.8, 4) is 0 Å². The molecule has 0 saturated heterocycles. The summed E-state index contributed by atoms with van der Waals surface area (Å²) in [5, 5.41) is 9.15. The van der Waals surface area contributed by atoms with Gasteiger partial charge in [0.2, 0.25) is 0 Å². The van der Waals surface area contributed by atoms with Gasteiger partial charge in [-0.05, 0) is 6.92 Å². The van der Waals surface area contributed by atoms with Crippen molar-refractivity contribution in [2.24, 2.45) is 0 Å². The highest BCUT2D eigenvalue weighted by molar-refractivity contribution is 5.81. The Morgan fingerprint density at radius 3 is 2.85 bits per heavy atom. The van der Waals surface area contributed by atoms with Gasteiger partial charge in [0, 0.05) is 6.08 Å². The van der Waals surface area contributed by atoms with Crippen LogP contribution in [0.5, 0.6) is 0 Å². The van der Waals surface area contributed by atoms with E-state index < -0.39 is 12.1 Å². The number of rotatable bonds is 6. The Kier molecular flexibility index (Phi) is 6.63. The maximum Gasteiger partial charge on any atom is 0.330 e. The first-order valence-electron chi connectivity index (χ1n) is 3.90. The first-order valence-corrected chi connectivity index (χ1v) is 3.90. The van der Waals surface area contributed by atoms with Crippen molar-refractivity contribution in [3.63, 3.8) is 0 Å². The molecular formula is C9H14O4. The maximum absolute atomic E-state index is 10.5. The van der Waals surface area contributed by atoms with Crippen LogP contribution in [0.2, 0.25) is 0 Å². The molecule has 4 nitrogen and oxygen atoms in total. The van der Waals surface area contributed by atoms with E-state index in [0.717, 1.165) is 6.08 Å². The van der Waals surface area contributed by atoms with Crippen molar-refractivity contribution in [2.75, 3.05) is 13.2 Å². The molecule has 0 heterocycles. The first kappa shape index (κ1) is 11.7. The molecule has 0 radical (unpaired) electrons. The van der Waals surface area contributed by atoms with E-state index in [2.05, 4.69) is 11.3 Å². The van der Waals surface area contributed by atoms with Crippen LogP contribution < -0.4 is 0 Å². The number of aliphatic hydroxyl groups is 1. The van der Waals surface area contributed by atoms with Gasteiger partial charge < -0.3 is 14.6 Å². The number of ether oxygens (including phenoxy) is 2. The fraction of sp³-hybridized carbons (Fsp3) is 0.444. The molecule has 13 heavy (non-hydrogen) atoms. The molecule has 0 aliphatic heterocycles. The molecule has 0 aliphatic carbocycles. The van der Waals surface area contributed by atoms with Crippen molar-refractivity contribution in [2.45, 2.75) is 13.0 Å². The molecule has 1 N–H and O–H groups in total. The Labute approximate surface area is 77.5 Å². The summed E-state index contributed by atoms with van der Waals surface area (Å²) in [7, 11) is 0. The molecule has 0 aliphatic rings. The standard InChI is InChI=1S/C9H14O4/c1-3-5-12-6-8(10)7-13-9(11)4-2/h3-5,8,10H,2,6-7H2,1H3/b5-3-. The minimum Gasteiger partial charge on any atom is -0.499 e. The summed E-state index contributed by atoms with van der Waals surface area (Å²) in [6, 6.07) is 0. The number of carbonyl (C=O) groups is 1. The van der Waals surface area contributed by atoms with E-state index in [1.807, 2.05) is 0 Å². The summed E-state index contributed by atoms with van der Waals surface area (Å²) in [5.74, 6) is -0.551. The van der Waals surface area contributed by atoms with E-state index in [-0.39, 0.29) is 13.2 Å². The van der Waals surface area contributed by atoms with E-state index in [1.165, 1.54) is 6.26 Å². The third-order valence-corrected chi connectivity index (χ3v) is 1.11. The van der Waals surface area contributed by atoms with Gasteiger partial charge in [0.15, 0.2) is 0 Å². The number of hydrogen-bond acceptors (Lipinski definition) is 4. The summed E-state index contributed by atoms with van der Waals surface area (Å²) in [4.78, 5) is 10.5. The highest BCUT2D eigenvalue weighted by Crippen LogP contribution is 1.89. The normalized spacial score (nSPS) is 12.5. The Balaban J connectivity index is 3.45. The smallest absolute Gasteiger partial charge is 0.330 e. The second kappa shape index (κ2) is 7.36. The van der Waals surface area contributed by atoms with Crippen LogP contribution in [0.1, 0.15) is 6.92 Å². The van der Waals surface area contributed by atoms with Crippen molar-refractivity contribution in [1.82, 2.24) is 0 Å². The first-order chi connectivity index (χ1) is 6.20. The topological polar surface area (TPSA) is 55.8 Å². The quantitative estimate of drug-likeness (QED) is 0.375. The average molecular weight is 186 g/mol. The zero-order chi connectivity index (χ0) is 10.1. The number of carbonyl (C=O) groups excluding carboxylic acids is 1. The van der Waals surface area contributed by atoms with Gasteiger partial charge in [0.05, 0.1) is 6.26 Å². The third-order valence-electron chi connectivity index (χ3n) is 1.11. The number of hydrogen-bond donors (Lipinski definition) is 1. The molecule has 0 aromatic rings. The summed E-state index contributed by atoms with van der Waals surface area (Å²) in [5.41, 5.74) is 0. The molecule has 1 unspecified atom stereocenters. The van der Waals surface area contributed by atoms with Crippen LogP contribution >= 0.6 is 0 Å². The van der Waals surface area contributed by atoms with Crippen LogP contribution in [-0.2, 0) is 14.3 Å². The molecule has 74 valence electrons. The Morgan fingerprint density at radius 1 is 1.62 bits per heavy atom. The highest BCUT2D eigenvalue weighted by Gasteiger charge is 2.05. The van der Waals surface area contributed by atoms with Gasteiger partial charge in [-0.25, -0.2) is 4.79 Å². The maximum atomic E-state index is 10.5. The van der Waals surface area contributed by atoms with Crippen molar-refractivity contribution < 1.29 is 19.4 Å². The largest absolute Gasteiger partial charge is 0.499 e. The lowest BCUT2D eigenvalue weighted by Gasteiger charge is -2.09. The molecule has 0 spiro atoms. The molecule has 0 rings (SSSR count). The highest BCUT2D eigenvalue weighted by atomic mass is 16.5. The number of allylic oxidation sites excluding steroid dienone is 1. The average Bonchev–Trinajstić information content (AvgIpc) is 2.14.